The zero-order valence-electron chi connectivity index (χ0n) is 19.1. The number of sulfonamides is 1. The molecule has 2 heterocycles. The first-order valence-corrected chi connectivity index (χ1v) is 12.6. The minimum absolute atomic E-state index is 0.150. The van der Waals surface area contributed by atoms with E-state index in [-0.39, 0.29) is 17.4 Å². The summed E-state index contributed by atoms with van der Waals surface area (Å²) in [5, 5.41) is 1.07. The summed E-state index contributed by atoms with van der Waals surface area (Å²) in [5.74, 6) is 0.823. The Balaban J connectivity index is 1.47. The van der Waals surface area contributed by atoms with Crippen molar-refractivity contribution in [1.82, 2.24) is 9.71 Å². The average molecular weight is 478 g/mol. The maximum absolute atomic E-state index is 13.2. The van der Waals surface area contributed by atoms with E-state index in [0.717, 1.165) is 27.7 Å². The molecule has 1 aromatic heterocycles. The molecule has 176 valence electrons. The number of nitrogens with one attached hydrogen (secondary N) is 2. The van der Waals surface area contributed by atoms with Crippen molar-refractivity contribution in [2.24, 2.45) is 0 Å². The first kappa shape index (κ1) is 22.3. The van der Waals surface area contributed by atoms with Gasteiger partial charge in [0.15, 0.2) is 11.5 Å². The summed E-state index contributed by atoms with van der Waals surface area (Å²) in [7, 11) is 0.221. The molecule has 1 aliphatic heterocycles. The molecule has 4 aromatic rings. The SMILES string of the molecule is CN(C)c1ccc([C@@H](CNS(=O)(=O)c2ccc3c(c2)OCCO3)c2c[nH]c3ccccc23)cc1. The fourth-order valence-corrected chi connectivity index (χ4v) is 5.32. The second kappa shape index (κ2) is 9.04. The fourth-order valence-electron chi connectivity index (χ4n) is 4.26. The number of H-pyrrole nitrogens is 1. The summed E-state index contributed by atoms with van der Waals surface area (Å²) in [6.45, 7) is 1.06. The van der Waals surface area contributed by atoms with Gasteiger partial charge in [-0.15, -0.1) is 0 Å². The van der Waals surface area contributed by atoms with E-state index in [4.69, 9.17) is 9.47 Å². The number of fused-ring (bicyclic) bond motifs is 2. The van der Waals surface area contributed by atoms with Gasteiger partial charge in [-0.2, -0.15) is 0 Å². The molecule has 8 heteroatoms. The molecule has 1 atom stereocenters. The number of hydrogen-bond donors (Lipinski definition) is 2. The second-order valence-electron chi connectivity index (χ2n) is 8.49. The predicted octanol–water partition coefficient (Wildman–Crippen LogP) is 4.12. The van der Waals surface area contributed by atoms with Crippen LogP contribution in [0.5, 0.6) is 11.5 Å². The van der Waals surface area contributed by atoms with E-state index in [1.54, 1.807) is 12.1 Å². The Bertz CT molecular complexity index is 1410. The molecule has 0 unspecified atom stereocenters. The Labute approximate surface area is 199 Å². The maximum Gasteiger partial charge on any atom is 0.240 e. The van der Waals surface area contributed by atoms with Crippen molar-refractivity contribution in [2.45, 2.75) is 10.8 Å². The van der Waals surface area contributed by atoms with Crippen LogP contribution in [-0.4, -0.2) is 47.3 Å². The number of benzene rings is 3. The van der Waals surface area contributed by atoms with Crippen LogP contribution in [0.1, 0.15) is 17.0 Å². The van der Waals surface area contributed by atoms with Crippen molar-refractivity contribution in [2.75, 3.05) is 38.8 Å². The van der Waals surface area contributed by atoms with Gasteiger partial charge >= 0.3 is 0 Å². The lowest BCUT2D eigenvalue weighted by atomic mass is 9.91. The zero-order chi connectivity index (χ0) is 23.7. The van der Waals surface area contributed by atoms with Crippen molar-refractivity contribution in [1.29, 1.82) is 0 Å². The number of para-hydroxylation sites is 1. The van der Waals surface area contributed by atoms with Crippen molar-refractivity contribution in [3.8, 4) is 11.5 Å². The quantitative estimate of drug-likeness (QED) is 0.419. The highest BCUT2D eigenvalue weighted by molar-refractivity contribution is 7.89. The number of ether oxygens (including phenoxy) is 2. The summed E-state index contributed by atoms with van der Waals surface area (Å²) in [6, 6.07) is 21.0. The van der Waals surface area contributed by atoms with E-state index in [2.05, 4.69) is 27.9 Å². The molecule has 0 spiro atoms. The van der Waals surface area contributed by atoms with Crippen LogP contribution in [0.2, 0.25) is 0 Å². The lowest BCUT2D eigenvalue weighted by Crippen LogP contribution is -2.29. The predicted molar refractivity (Wildman–Crippen MR) is 134 cm³/mol. The van der Waals surface area contributed by atoms with Crippen molar-refractivity contribution in [3.05, 3.63) is 84.1 Å². The van der Waals surface area contributed by atoms with Crippen molar-refractivity contribution in [3.63, 3.8) is 0 Å². The molecule has 3 aromatic carbocycles. The van der Waals surface area contributed by atoms with Crippen LogP contribution in [-0.2, 0) is 10.0 Å². The van der Waals surface area contributed by atoms with Gasteiger partial charge in [0.2, 0.25) is 10.0 Å². The van der Waals surface area contributed by atoms with Crippen LogP contribution in [0.3, 0.4) is 0 Å². The van der Waals surface area contributed by atoms with Gasteiger partial charge in [0.05, 0.1) is 4.90 Å². The summed E-state index contributed by atoms with van der Waals surface area (Å²) in [4.78, 5) is 5.50. The number of aromatic nitrogens is 1. The molecular formula is C26H27N3O4S. The highest BCUT2D eigenvalue weighted by Crippen LogP contribution is 2.34. The van der Waals surface area contributed by atoms with Crippen LogP contribution in [0.4, 0.5) is 5.69 Å². The van der Waals surface area contributed by atoms with Crippen LogP contribution < -0.4 is 19.1 Å². The second-order valence-corrected chi connectivity index (χ2v) is 10.3. The Morgan fingerprint density at radius 3 is 2.47 bits per heavy atom. The van der Waals surface area contributed by atoms with Gasteiger partial charge in [0.1, 0.15) is 13.2 Å². The van der Waals surface area contributed by atoms with Crippen LogP contribution in [0.15, 0.2) is 77.8 Å². The molecule has 0 aliphatic carbocycles. The molecule has 7 nitrogen and oxygen atoms in total. The number of anilines is 1. The summed E-state index contributed by atoms with van der Waals surface area (Å²) >= 11 is 0. The molecule has 2 N–H and O–H groups in total. The Morgan fingerprint density at radius 1 is 0.971 bits per heavy atom. The topological polar surface area (TPSA) is 83.7 Å². The van der Waals surface area contributed by atoms with E-state index in [1.807, 2.05) is 55.5 Å². The van der Waals surface area contributed by atoms with Crippen LogP contribution in [0.25, 0.3) is 10.9 Å². The summed E-state index contributed by atoms with van der Waals surface area (Å²) < 4.78 is 40.3. The van der Waals surface area contributed by atoms with Crippen molar-refractivity contribution < 1.29 is 17.9 Å². The largest absolute Gasteiger partial charge is 0.486 e. The third kappa shape index (κ3) is 4.34. The third-order valence-electron chi connectivity index (χ3n) is 6.11. The third-order valence-corrected chi connectivity index (χ3v) is 7.53. The van der Waals surface area contributed by atoms with Crippen LogP contribution in [0, 0.1) is 0 Å². The van der Waals surface area contributed by atoms with Gasteiger partial charge in [-0.25, -0.2) is 13.1 Å². The number of aromatic amines is 1. The zero-order valence-corrected chi connectivity index (χ0v) is 19.9. The monoisotopic (exact) mass is 477 g/mol. The average Bonchev–Trinajstić information content (AvgIpc) is 3.28. The van der Waals surface area contributed by atoms with Gasteiger partial charge in [-0.05, 0) is 41.5 Å². The fraction of sp³-hybridized carbons (Fsp3) is 0.231. The van der Waals surface area contributed by atoms with Gasteiger partial charge in [-0.3, -0.25) is 0 Å². The molecule has 1 aliphatic rings. The highest BCUT2D eigenvalue weighted by atomic mass is 32.2. The Kier molecular flexibility index (Phi) is 5.93. The molecule has 0 fully saturated rings. The summed E-state index contributed by atoms with van der Waals surface area (Å²) in [5.41, 5.74) is 4.17. The molecule has 0 bridgehead atoms. The van der Waals surface area contributed by atoms with E-state index in [1.165, 1.54) is 6.07 Å². The van der Waals surface area contributed by atoms with Crippen molar-refractivity contribution >= 4 is 26.6 Å². The Morgan fingerprint density at radius 2 is 1.71 bits per heavy atom. The first-order valence-electron chi connectivity index (χ1n) is 11.1. The lowest BCUT2D eigenvalue weighted by molar-refractivity contribution is 0.171. The molecule has 0 saturated carbocycles. The smallest absolute Gasteiger partial charge is 0.240 e. The maximum atomic E-state index is 13.2. The minimum atomic E-state index is -3.77. The molecule has 34 heavy (non-hydrogen) atoms. The standard InChI is InChI=1S/C26H27N3O4S/c1-29(2)19-9-7-18(8-10-19)22(23-16-27-24-6-4-3-5-21(23)24)17-28-34(30,31)20-11-12-25-26(15-20)33-14-13-32-25/h3-12,15-16,22,27-28H,13-14,17H2,1-2H3/t22-/m1/s1. The van der Waals surface area contributed by atoms with E-state index < -0.39 is 10.0 Å². The molecule has 0 saturated heterocycles. The van der Waals surface area contributed by atoms with Gasteiger partial charge in [-0.1, -0.05) is 30.3 Å². The van der Waals surface area contributed by atoms with Gasteiger partial charge < -0.3 is 19.4 Å². The number of rotatable bonds is 7. The highest BCUT2D eigenvalue weighted by Gasteiger charge is 2.24. The molecule has 0 amide bonds. The Hall–Kier alpha value is -3.49. The van der Waals surface area contributed by atoms with E-state index >= 15 is 0 Å². The van der Waals surface area contributed by atoms with Crippen LogP contribution >= 0.6 is 0 Å². The number of hydrogen-bond acceptors (Lipinski definition) is 5. The normalized spacial score (nSPS) is 14.2. The molecular weight excluding hydrogens is 450 g/mol. The number of nitrogens with zero attached hydrogens (tertiary/aromatic N) is 1. The van der Waals surface area contributed by atoms with E-state index in [9.17, 15) is 8.42 Å². The van der Waals surface area contributed by atoms with Gasteiger partial charge in [0, 0.05) is 55.4 Å². The first-order chi connectivity index (χ1) is 16.4. The minimum Gasteiger partial charge on any atom is -0.486 e. The molecule has 0 radical (unpaired) electrons. The van der Waals surface area contributed by atoms with Gasteiger partial charge in [0.25, 0.3) is 0 Å². The lowest BCUT2D eigenvalue weighted by Gasteiger charge is -2.21. The van der Waals surface area contributed by atoms with E-state index in [0.29, 0.717) is 24.7 Å². The molecule has 5 rings (SSSR count). The summed E-state index contributed by atoms with van der Waals surface area (Å²) in [6.07, 6.45) is 1.97.